The summed E-state index contributed by atoms with van der Waals surface area (Å²) in [4.78, 5) is 29.4. The lowest BCUT2D eigenvalue weighted by Gasteiger charge is -2.13. The molecule has 3 aromatic rings. The largest absolute Gasteiger partial charge is 0.440 e. The molecular weight excluding hydrogens is 348 g/mol. The third kappa shape index (κ3) is 3.74. The van der Waals surface area contributed by atoms with E-state index in [4.69, 9.17) is 4.42 Å². The third-order valence-electron chi connectivity index (χ3n) is 4.07. The van der Waals surface area contributed by atoms with Crippen LogP contribution < -0.4 is 10.2 Å². The summed E-state index contributed by atoms with van der Waals surface area (Å²) >= 11 is 0. The first kappa shape index (κ1) is 18.4. The van der Waals surface area contributed by atoms with E-state index in [-0.39, 0.29) is 17.2 Å². The number of nitro groups is 1. The number of amides is 1. The highest BCUT2D eigenvalue weighted by molar-refractivity contribution is 6.05. The normalized spacial score (nSPS) is 11.0. The summed E-state index contributed by atoms with van der Waals surface area (Å²) in [5, 5.41) is 14.0. The Bertz CT molecular complexity index is 1020. The van der Waals surface area contributed by atoms with Crippen LogP contribution >= 0.6 is 0 Å². The number of oxazole rings is 1. The third-order valence-corrected chi connectivity index (χ3v) is 4.07. The maximum Gasteiger partial charge on any atom is 0.293 e. The fourth-order valence-corrected chi connectivity index (χ4v) is 2.66. The number of rotatable bonds is 5. The SMILES string of the molecule is CC(C)c1nc2cc(NC(=O)c3ccc(N(C)C)c([N+](=O)[O-])c3)ccc2o1. The molecule has 0 bridgehead atoms. The van der Waals surface area contributed by atoms with E-state index < -0.39 is 10.8 Å². The van der Waals surface area contributed by atoms with Crippen LogP contribution in [0.3, 0.4) is 0 Å². The van der Waals surface area contributed by atoms with Gasteiger partial charge in [0.05, 0.1) is 4.92 Å². The van der Waals surface area contributed by atoms with Crippen LogP contribution in [0.2, 0.25) is 0 Å². The van der Waals surface area contributed by atoms with Crippen molar-refractivity contribution in [1.29, 1.82) is 0 Å². The van der Waals surface area contributed by atoms with Gasteiger partial charge in [0.1, 0.15) is 11.2 Å². The molecule has 0 saturated heterocycles. The number of fused-ring (bicyclic) bond motifs is 1. The summed E-state index contributed by atoms with van der Waals surface area (Å²) in [6.07, 6.45) is 0. The van der Waals surface area contributed by atoms with Gasteiger partial charge in [0.2, 0.25) is 0 Å². The summed E-state index contributed by atoms with van der Waals surface area (Å²) < 4.78 is 5.65. The Morgan fingerprint density at radius 3 is 2.59 bits per heavy atom. The highest BCUT2D eigenvalue weighted by Crippen LogP contribution is 2.28. The molecular formula is C19H20N4O4. The van der Waals surface area contributed by atoms with Gasteiger partial charge >= 0.3 is 0 Å². The van der Waals surface area contributed by atoms with Crippen molar-refractivity contribution in [3.05, 3.63) is 58.0 Å². The van der Waals surface area contributed by atoms with Crippen LogP contribution in [0.15, 0.2) is 40.8 Å². The molecule has 1 aromatic heterocycles. The minimum atomic E-state index is -0.499. The molecule has 0 saturated carbocycles. The van der Waals surface area contributed by atoms with Crippen molar-refractivity contribution in [3.8, 4) is 0 Å². The quantitative estimate of drug-likeness (QED) is 0.535. The molecule has 0 aliphatic heterocycles. The molecule has 0 atom stereocenters. The minimum absolute atomic E-state index is 0.124. The topological polar surface area (TPSA) is 102 Å². The Labute approximate surface area is 155 Å². The molecule has 8 heteroatoms. The van der Waals surface area contributed by atoms with Gasteiger partial charge in [-0.2, -0.15) is 0 Å². The molecule has 0 unspecified atom stereocenters. The van der Waals surface area contributed by atoms with Crippen LogP contribution in [0.1, 0.15) is 36.0 Å². The number of carbonyl (C=O) groups is 1. The van der Waals surface area contributed by atoms with Crippen molar-refractivity contribution in [2.45, 2.75) is 19.8 Å². The van der Waals surface area contributed by atoms with Gasteiger partial charge in [-0.1, -0.05) is 13.8 Å². The number of aromatic nitrogens is 1. The number of anilines is 2. The highest BCUT2D eigenvalue weighted by atomic mass is 16.6. The first-order valence-corrected chi connectivity index (χ1v) is 8.44. The molecule has 0 aliphatic carbocycles. The Morgan fingerprint density at radius 1 is 1.22 bits per heavy atom. The summed E-state index contributed by atoms with van der Waals surface area (Å²) in [6, 6.07) is 9.55. The lowest BCUT2D eigenvalue weighted by atomic mass is 10.1. The van der Waals surface area contributed by atoms with Crippen LogP contribution in [0, 0.1) is 10.1 Å². The Balaban J connectivity index is 1.87. The highest BCUT2D eigenvalue weighted by Gasteiger charge is 2.19. The van der Waals surface area contributed by atoms with Crippen LogP contribution in [0.4, 0.5) is 17.1 Å². The standard InChI is InChI=1S/C19H20N4O4/c1-11(2)19-21-14-10-13(6-8-17(14)27-19)20-18(24)12-5-7-15(22(3)4)16(9-12)23(25)26/h5-11H,1-4H3,(H,20,24). The molecule has 0 aliphatic rings. The number of nitrogens with zero attached hydrogens (tertiary/aromatic N) is 3. The van der Waals surface area contributed by atoms with Gasteiger partial charge in [-0.3, -0.25) is 14.9 Å². The number of carbonyl (C=O) groups excluding carboxylic acids is 1. The second-order valence-electron chi connectivity index (χ2n) is 6.70. The zero-order chi connectivity index (χ0) is 19.7. The van der Waals surface area contributed by atoms with Gasteiger partial charge < -0.3 is 14.6 Å². The molecule has 1 N–H and O–H groups in total. The van der Waals surface area contributed by atoms with E-state index in [9.17, 15) is 14.9 Å². The Morgan fingerprint density at radius 2 is 1.96 bits per heavy atom. The van der Waals surface area contributed by atoms with Crippen molar-refractivity contribution >= 4 is 34.1 Å². The minimum Gasteiger partial charge on any atom is -0.440 e. The second-order valence-corrected chi connectivity index (χ2v) is 6.70. The van der Waals surface area contributed by atoms with Crippen molar-refractivity contribution in [1.82, 2.24) is 4.98 Å². The molecule has 27 heavy (non-hydrogen) atoms. The van der Waals surface area contributed by atoms with Crippen LogP contribution in [0.25, 0.3) is 11.1 Å². The van der Waals surface area contributed by atoms with E-state index in [0.717, 1.165) is 0 Å². The molecule has 0 radical (unpaired) electrons. The number of nitrogens with one attached hydrogen (secondary N) is 1. The van der Waals surface area contributed by atoms with Crippen LogP contribution in [0.5, 0.6) is 0 Å². The average Bonchev–Trinajstić information content (AvgIpc) is 3.04. The first-order chi connectivity index (χ1) is 12.8. The van der Waals surface area contributed by atoms with Gasteiger partial charge in [-0.25, -0.2) is 4.98 Å². The van der Waals surface area contributed by atoms with Crippen molar-refractivity contribution < 1.29 is 14.1 Å². The predicted molar refractivity (Wildman–Crippen MR) is 103 cm³/mol. The summed E-state index contributed by atoms with van der Waals surface area (Å²) in [5.41, 5.74) is 2.34. The molecule has 2 aromatic carbocycles. The van der Waals surface area contributed by atoms with E-state index in [0.29, 0.717) is 28.4 Å². The second kappa shape index (κ2) is 7.06. The van der Waals surface area contributed by atoms with Gasteiger partial charge in [0.15, 0.2) is 11.5 Å². The van der Waals surface area contributed by atoms with Gasteiger partial charge in [-0.15, -0.1) is 0 Å². The summed E-state index contributed by atoms with van der Waals surface area (Å²) in [5.74, 6) is 0.352. The number of nitro benzene ring substituents is 1. The molecule has 140 valence electrons. The van der Waals surface area contributed by atoms with E-state index in [1.54, 1.807) is 49.3 Å². The van der Waals surface area contributed by atoms with Crippen LogP contribution in [-0.2, 0) is 0 Å². The Hall–Kier alpha value is -3.42. The maximum atomic E-state index is 12.5. The number of hydrogen-bond acceptors (Lipinski definition) is 6. The fourth-order valence-electron chi connectivity index (χ4n) is 2.66. The number of benzene rings is 2. The maximum absolute atomic E-state index is 12.5. The molecule has 1 heterocycles. The fraction of sp³-hybridized carbons (Fsp3) is 0.263. The van der Waals surface area contributed by atoms with E-state index >= 15 is 0 Å². The molecule has 1 amide bonds. The predicted octanol–water partition coefficient (Wildman–Crippen LogP) is 4.18. The Kier molecular flexibility index (Phi) is 4.81. The van der Waals surface area contributed by atoms with Crippen molar-refractivity contribution in [3.63, 3.8) is 0 Å². The summed E-state index contributed by atoms with van der Waals surface area (Å²) in [6.45, 7) is 3.97. The first-order valence-electron chi connectivity index (χ1n) is 8.44. The lowest BCUT2D eigenvalue weighted by molar-refractivity contribution is -0.384. The zero-order valence-corrected chi connectivity index (χ0v) is 15.5. The van der Waals surface area contributed by atoms with Crippen molar-refractivity contribution in [2.75, 3.05) is 24.3 Å². The molecule has 0 fully saturated rings. The van der Waals surface area contributed by atoms with Gasteiger partial charge in [-0.05, 0) is 30.3 Å². The van der Waals surface area contributed by atoms with Gasteiger partial charge in [0.25, 0.3) is 11.6 Å². The monoisotopic (exact) mass is 368 g/mol. The zero-order valence-electron chi connectivity index (χ0n) is 15.5. The van der Waals surface area contributed by atoms with Crippen LogP contribution in [-0.4, -0.2) is 29.9 Å². The van der Waals surface area contributed by atoms with E-state index in [1.165, 1.54) is 6.07 Å². The molecule has 8 nitrogen and oxygen atoms in total. The summed E-state index contributed by atoms with van der Waals surface area (Å²) in [7, 11) is 3.42. The molecule has 3 rings (SSSR count). The number of hydrogen-bond donors (Lipinski definition) is 1. The van der Waals surface area contributed by atoms with E-state index in [1.807, 2.05) is 13.8 Å². The van der Waals surface area contributed by atoms with Gasteiger partial charge in [0, 0.05) is 37.3 Å². The van der Waals surface area contributed by atoms with Crippen molar-refractivity contribution in [2.24, 2.45) is 0 Å². The lowest BCUT2D eigenvalue weighted by Crippen LogP contribution is -2.15. The average molecular weight is 368 g/mol. The smallest absolute Gasteiger partial charge is 0.293 e. The van der Waals surface area contributed by atoms with E-state index in [2.05, 4.69) is 10.3 Å². The molecule has 0 spiro atoms.